The van der Waals surface area contributed by atoms with E-state index < -0.39 is 0 Å². The Labute approximate surface area is 141 Å². The van der Waals surface area contributed by atoms with E-state index in [1.54, 1.807) is 7.11 Å². The Morgan fingerprint density at radius 2 is 1.74 bits per heavy atom. The molecule has 0 aliphatic heterocycles. The van der Waals surface area contributed by atoms with Crippen LogP contribution in [0.3, 0.4) is 0 Å². The minimum atomic E-state index is -0.356. The van der Waals surface area contributed by atoms with E-state index in [-0.39, 0.29) is 18.0 Å². The van der Waals surface area contributed by atoms with Crippen LogP contribution in [0.4, 0.5) is 5.69 Å². The summed E-state index contributed by atoms with van der Waals surface area (Å²) in [6.45, 7) is 3.84. The van der Waals surface area contributed by atoms with E-state index in [0.717, 1.165) is 5.56 Å². The van der Waals surface area contributed by atoms with Crippen LogP contribution in [-0.2, 0) is 4.79 Å². The molecular formula is C18H21ClN2O2. The van der Waals surface area contributed by atoms with Crippen molar-refractivity contribution in [2.75, 3.05) is 12.4 Å². The van der Waals surface area contributed by atoms with Crippen LogP contribution in [0.5, 0.6) is 5.75 Å². The van der Waals surface area contributed by atoms with E-state index in [4.69, 9.17) is 16.3 Å². The standard InChI is InChI=1S/C18H21ClN2O2/c1-12(14-8-10-15(19)11-9-14)20-13(2)18(22)21-16-6-4-5-7-17(16)23-3/h4-13,20H,1-3H3,(H,21,22)/t12-,13-/m1/s1. The summed E-state index contributed by atoms with van der Waals surface area (Å²) < 4.78 is 5.24. The Kier molecular flexibility index (Phi) is 6.02. The van der Waals surface area contributed by atoms with Crippen LogP contribution in [0.15, 0.2) is 48.5 Å². The number of hydrogen-bond acceptors (Lipinski definition) is 3. The topological polar surface area (TPSA) is 50.4 Å². The molecule has 0 aliphatic rings. The zero-order chi connectivity index (χ0) is 16.8. The van der Waals surface area contributed by atoms with Gasteiger partial charge in [0.15, 0.2) is 0 Å². The summed E-state index contributed by atoms with van der Waals surface area (Å²) in [6, 6.07) is 14.6. The molecule has 0 aromatic heterocycles. The summed E-state index contributed by atoms with van der Waals surface area (Å²) in [5, 5.41) is 6.85. The van der Waals surface area contributed by atoms with Crippen molar-refractivity contribution in [2.45, 2.75) is 25.9 Å². The number of anilines is 1. The molecule has 0 bridgehead atoms. The fraction of sp³-hybridized carbons (Fsp3) is 0.278. The lowest BCUT2D eigenvalue weighted by atomic mass is 10.1. The van der Waals surface area contributed by atoms with E-state index in [9.17, 15) is 4.79 Å². The number of carbonyl (C=O) groups is 1. The van der Waals surface area contributed by atoms with Crippen molar-refractivity contribution in [3.63, 3.8) is 0 Å². The van der Waals surface area contributed by atoms with Gasteiger partial charge in [0.25, 0.3) is 0 Å². The minimum absolute atomic E-state index is 0.0330. The van der Waals surface area contributed by atoms with Crippen molar-refractivity contribution in [3.05, 3.63) is 59.1 Å². The molecule has 0 fully saturated rings. The molecule has 5 heteroatoms. The highest BCUT2D eigenvalue weighted by Gasteiger charge is 2.17. The second kappa shape index (κ2) is 7.99. The maximum Gasteiger partial charge on any atom is 0.241 e. The summed E-state index contributed by atoms with van der Waals surface area (Å²) >= 11 is 5.89. The van der Waals surface area contributed by atoms with E-state index in [1.165, 1.54) is 0 Å². The van der Waals surface area contributed by atoms with Crippen molar-refractivity contribution in [3.8, 4) is 5.75 Å². The molecule has 0 spiro atoms. The first-order valence-corrected chi connectivity index (χ1v) is 7.84. The lowest BCUT2D eigenvalue weighted by Crippen LogP contribution is -2.39. The van der Waals surface area contributed by atoms with Crippen LogP contribution < -0.4 is 15.4 Å². The molecule has 2 aromatic carbocycles. The van der Waals surface area contributed by atoms with Crippen LogP contribution in [-0.4, -0.2) is 19.1 Å². The molecule has 0 saturated carbocycles. The molecule has 0 saturated heterocycles. The number of halogens is 1. The second-order valence-electron chi connectivity index (χ2n) is 5.35. The van der Waals surface area contributed by atoms with Gasteiger partial charge in [0.2, 0.25) is 5.91 Å². The van der Waals surface area contributed by atoms with Gasteiger partial charge in [-0.25, -0.2) is 0 Å². The molecule has 122 valence electrons. The van der Waals surface area contributed by atoms with Crippen LogP contribution >= 0.6 is 11.6 Å². The van der Waals surface area contributed by atoms with E-state index >= 15 is 0 Å². The summed E-state index contributed by atoms with van der Waals surface area (Å²) in [4.78, 5) is 12.4. The van der Waals surface area contributed by atoms with Gasteiger partial charge in [0.05, 0.1) is 18.8 Å². The van der Waals surface area contributed by atoms with Crippen LogP contribution in [0, 0.1) is 0 Å². The lowest BCUT2D eigenvalue weighted by molar-refractivity contribution is -0.117. The van der Waals surface area contributed by atoms with Crippen molar-refractivity contribution in [2.24, 2.45) is 0 Å². The zero-order valence-electron chi connectivity index (χ0n) is 13.5. The first-order chi connectivity index (χ1) is 11.0. The molecule has 0 aliphatic carbocycles. The molecule has 2 rings (SSSR count). The van der Waals surface area contributed by atoms with Crippen molar-refractivity contribution < 1.29 is 9.53 Å². The van der Waals surface area contributed by atoms with E-state index in [0.29, 0.717) is 16.5 Å². The fourth-order valence-electron chi connectivity index (χ4n) is 2.29. The largest absolute Gasteiger partial charge is 0.495 e. The molecule has 4 nitrogen and oxygen atoms in total. The summed E-state index contributed by atoms with van der Waals surface area (Å²) in [5.41, 5.74) is 1.74. The first-order valence-electron chi connectivity index (χ1n) is 7.46. The molecule has 0 heterocycles. The number of ether oxygens (including phenoxy) is 1. The number of benzene rings is 2. The van der Waals surface area contributed by atoms with Crippen molar-refractivity contribution in [1.29, 1.82) is 0 Å². The van der Waals surface area contributed by atoms with E-state index in [1.807, 2.05) is 62.4 Å². The number of amides is 1. The number of para-hydroxylation sites is 2. The van der Waals surface area contributed by atoms with Crippen LogP contribution in [0.2, 0.25) is 5.02 Å². The predicted octanol–water partition coefficient (Wildman–Crippen LogP) is 4.03. The average molecular weight is 333 g/mol. The molecule has 0 unspecified atom stereocenters. The Hall–Kier alpha value is -2.04. The number of methoxy groups -OCH3 is 1. The van der Waals surface area contributed by atoms with Gasteiger partial charge in [0, 0.05) is 11.1 Å². The third kappa shape index (κ3) is 4.71. The molecule has 0 radical (unpaired) electrons. The second-order valence-corrected chi connectivity index (χ2v) is 5.79. The zero-order valence-corrected chi connectivity index (χ0v) is 14.2. The predicted molar refractivity (Wildman–Crippen MR) is 94.1 cm³/mol. The molecule has 23 heavy (non-hydrogen) atoms. The lowest BCUT2D eigenvalue weighted by Gasteiger charge is -2.20. The maximum atomic E-state index is 12.4. The van der Waals surface area contributed by atoms with Crippen LogP contribution in [0.25, 0.3) is 0 Å². The number of carbonyl (C=O) groups excluding carboxylic acids is 1. The first kappa shape index (κ1) is 17.3. The quantitative estimate of drug-likeness (QED) is 0.839. The highest BCUT2D eigenvalue weighted by molar-refractivity contribution is 6.30. The van der Waals surface area contributed by atoms with Gasteiger partial charge in [-0.3, -0.25) is 10.1 Å². The maximum absolute atomic E-state index is 12.4. The monoisotopic (exact) mass is 332 g/mol. The molecule has 1 amide bonds. The Morgan fingerprint density at radius 3 is 2.39 bits per heavy atom. The van der Waals surface area contributed by atoms with Gasteiger partial charge in [0.1, 0.15) is 5.75 Å². The molecule has 2 aromatic rings. The minimum Gasteiger partial charge on any atom is -0.495 e. The van der Waals surface area contributed by atoms with Gasteiger partial charge >= 0.3 is 0 Å². The van der Waals surface area contributed by atoms with E-state index in [2.05, 4.69) is 10.6 Å². The SMILES string of the molecule is COc1ccccc1NC(=O)[C@@H](C)N[C@H](C)c1ccc(Cl)cc1. The third-order valence-corrected chi connectivity index (χ3v) is 3.88. The van der Waals surface area contributed by atoms with Crippen molar-refractivity contribution >= 4 is 23.2 Å². The molecule has 2 N–H and O–H groups in total. The van der Waals surface area contributed by atoms with Gasteiger partial charge in [-0.05, 0) is 43.7 Å². The van der Waals surface area contributed by atoms with Gasteiger partial charge in [-0.1, -0.05) is 35.9 Å². The Bertz CT molecular complexity index is 658. The summed E-state index contributed by atoms with van der Waals surface area (Å²) in [7, 11) is 1.58. The van der Waals surface area contributed by atoms with Gasteiger partial charge in [-0.15, -0.1) is 0 Å². The normalized spacial score (nSPS) is 13.2. The highest BCUT2D eigenvalue weighted by Crippen LogP contribution is 2.23. The number of rotatable bonds is 6. The Balaban J connectivity index is 1.98. The van der Waals surface area contributed by atoms with Gasteiger partial charge in [-0.2, -0.15) is 0 Å². The summed E-state index contributed by atoms with van der Waals surface area (Å²) in [6.07, 6.45) is 0. The average Bonchev–Trinajstić information content (AvgIpc) is 2.55. The summed E-state index contributed by atoms with van der Waals surface area (Å²) in [5.74, 6) is 0.522. The highest BCUT2D eigenvalue weighted by atomic mass is 35.5. The number of hydrogen-bond donors (Lipinski definition) is 2. The number of nitrogens with one attached hydrogen (secondary N) is 2. The Morgan fingerprint density at radius 1 is 1.09 bits per heavy atom. The molecular weight excluding hydrogens is 312 g/mol. The fourth-order valence-corrected chi connectivity index (χ4v) is 2.41. The smallest absolute Gasteiger partial charge is 0.241 e. The van der Waals surface area contributed by atoms with Gasteiger partial charge < -0.3 is 10.1 Å². The third-order valence-electron chi connectivity index (χ3n) is 3.63. The molecule has 2 atom stereocenters. The van der Waals surface area contributed by atoms with Crippen LogP contribution in [0.1, 0.15) is 25.5 Å². The van der Waals surface area contributed by atoms with Crippen molar-refractivity contribution in [1.82, 2.24) is 5.32 Å².